The van der Waals surface area contributed by atoms with Crippen LogP contribution in [0.5, 0.6) is 0 Å². The third kappa shape index (κ3) is 3.36. The van der Waals surface area contributed by atoms with Crippen molar-refractivity contribution >= 4 is 20.0 Å². The van der Waals surface area contributed by atoms with Crippen molar-refractivity contribution in [2.45, 2.75) is 34.6 Å². The van der Waals surface area contributed by atoms with Crippen molar-refractivity contribution in [1.29, 1.82) is 0 Å². The lowest BCUT2D eigenvalue weighted by Crippen LogP contribution is -2.54. The molecular weight excluding hydrogens is 302 g/mol. The fourth-order valence-corrected chi connectivity index (χ4v) is 3.77. The first-order valence-corrected chi connectivity index (χ1v) is 9.07. The zero-order valence-corrected chi connectivity index (χ0v) is 12.4. The van der Waals surface area contributed by atoms with Crippen LogP contribution in [0.1, 0.15) is 19.3 Å². The third-order valence-electron chi connectivity index (χ3n) is 3.41. The van der Waals surface area contributed by atoms with Crippen LogP contribution in [0.25, 0.3) is 0 Å². The Kier molecular flexibility index (Phi) is 3.91. The van der Waals surface area contributed by atoms with Crippen LogP contribution in [0.15, 0.2) is 34.1 Å². The quantitative estimate of drug-likeness (QED) is 0.672. The summed E-state index contributed by atoms with van der Waals surface area (Å²) < 4.78 is 49.1. The minimum Gasteiger partial charge on any atom is -0.324 e. The Morgan fingerprint density at radius 1 is 1.15 bits per heavy atom. The van der Waals surface area contributed by atoms with E-state index in [1.54, 1.807) is 0 Å². The van der Waals surface area contributed by atoms with Crippen molar-refractivity contribution in [3.8, 4) is 0 Å². The Hall–Kier alpha value is -1.00. The fourth-order valence-electron chi connectivity index (χ4n) is 1.95. The summed E-state index contributed by atoms with van der Waals surface area (Å²) in [5, 5.41) is 4.98. The van der Waals surface area contributed by atoms with Crippen LogP contribution in [0.3, 0.4) is 0 Å². The molecule has 0 radical (unpaired) electrons. The van der Waals surface area contributed by atoms with Crippen LogP contribution in [0.2, 0.25) is 0 Å². The number of rotatable bonds is 5. The molecule has 0 spiro atoms. The summed E-state index contributed by atoms with van der Waals surface area (Å²) >= 11 is 0. The van der Waals surface area contributed by atoms with E-state index in [2.05, 4.69) is 4.72 Å². The van der Waals surface area contributed by atoms with Crippen LogP contribution in [0, 0.1) is 0 Å². The van der Waals surface area contributed by atoms with Crippen LogP contribution in [-0.2, 0) is 20.0 Å². The molecule has 1 aliphatic carbocycles. The molecule has 1 aromatic rings. The molecule has 1 saturated carbocycles. The van der Waals surface area contributed by atoms with E-state index in [-0.39, 0.29) is 16.3 Å². The van der Waals surface area contributed by atoms with Crippen molar-refractivity contribution in [1.82, 2.24) is 4.72 Å². The maximum Gasteiger partial charge on any atom is 0.240 e. The third-order valence-corrected chi connectivity index (χ3v) is 5.72. The Balaban J connectivity index is 2.21. The van der Waals surface area contributed by atoms with Crippen molar-refractivity contribution in [3.05, 3.63) is 24.3 Å². The molecule has 0 atom stereocenters. The van der Waals surface area contributed by atoms with E-state index in [9.17, 15) is 16.8 Å². The maximum absolute atomic E-state index is 12.1. The first kappa shape index (κ1) is 15.4. The van der Waals surface area contributed by atoms with E-state index in [0.29, 0.717) is 0 Å². The molecule has 1 fully saturated rings. The smallest absolute Gasteiger partial charge is 0.240 e. The number of nitrogens with two attached hydrogens (primary N) is 2. The van der Waals surface area contributed by atoms with Gasteiger partial charge < -0.3 is 5.73 Å². The molecule has 0 unspecified atom stereocenters. The second-order valence-electron chi connectivity index (χ2n) is 5.06. The van der Waals surface area contributed by atoms with Gasteiger partial charge in [0.15, 0.2) is 0 Å². The topological polar surface area (TPSA) is 132 Å². The zero-order chi connectivity index (χ0) is 15.0. The van der Waals surface area contributed by atoms with Crippen LogP contribution >= 0.6 is 0 Å². The van der Waals surface area contributed by atoms with E-state index < -0.39 is 25.6 Å². The van der Waals surface area contributed by atoms with E-state index in [0.717, 1.165) is 25.3 Å². The standard InChI is InChI=1S/C11H17N3O4S2/c12-11(5-2-6-11)8-14-20(17,18)10-4-1-3-9(7-10)19(13,15)16/h1,3-4,7,14H,2,5-6,8,12H2,(H2,13,15,16). The highest BCUT2D eigenvalue weighted by atomic mass is 32.2. The van der Waals surface area contributed by atoms with Gasteiger partial charge in [-0.15, -0.1) is 0 Å². The molecule has 1 aliphatic rings. The molecule has 7 nitrogen and oxygen atoms in total. The van der Waals surface area contributed by atoms with Gasteiger partial charge in [-0.3, -0.25) is 0 Å². The second kappa shape index (κ2) is 5.08. The van der Waals surface area contributed by atoms with Crippen molar-refractivity contribution < 1.29 is 16.8 Å². The summed E-state index contributed by atoms with van der Waals surface area (Å²) in [7, 11) is -7.74. The zero-order valence-electron chi connectivity index (χ0n) is 10.7. The summed E-state index contributed by atoms with van der Waals surface area (Å²) in [6.07, 6.45) is 2.53. The summed E-state index contributed by atoms with van der Waals surface area (Å²) in [5.74, 6) is 0. The second-order valence-corrected chi connectivity index (χ2v) is 8.39. The lowest BCUT2D eigenvalue weighted by molar-refractivity contribution is 0.251. The van der Waals surface area contributed by atoms with Gasteiger partial charge in [0.25, 0.3) is 0 Å². The molecule has 0 heterocycles. The Morgan fingerprint density at radius 3 is 2.25 bits per heavy atom. The van der Waals surface area contributed by atoms with E-state index in [1.807, 2.05) is 0 Å². The summed E-state index contributed by atoms with van der Waals surface area (Å²) in [4.78, 5) is -0.390. The summed E-state index contributed by atoms with van der Waals surface area (Å²) in [5.41, 5.74) is 5.45. The summed E-state index contributed by atoms with van der Waals surface area (Å²) in [6.45, 7) is 0.134. The van der Waals surface area contributed by atoms with Gasteiger partial charge in [-0.05, 0) is 37.5 Å². The highest BCUT2D eigenvalue weighted by Crippen LogP contribution is 2.28. The van der Waals surface area contributed by atoms with Crippen LogP contribution in [-0.4, -0.2) is 28.9 Å². The van der Waals surface area contributed by atoms with Crippen LogP contribution in [0.4, 0.5) is 0 Å². The van der Waals surface area contributed by atoms with Gasteiger partial charge in [-0.1, -0.05) is 6.07 Å². The molecule has 2 rings (SSSR count). The normalized spacial score (nSPS) is 18.5. The fraction of sp³-hybridized carbons (Fsp3) is 0.455. The number of primary sulfonamides is 1. The minimum absolute atomic E-state index is 0.134. The predicted molar refractivity (Wildman–Crippen MR) is 73.8 cm³/mol. The van der Waals surface area contributed by atoms with Gasteiger partial charge in [0.2, 0.25) is 20.0 Å². The lowest BCUT2D eigenvalue weighted by Gasteiger charge is -2.38. The highest BCUT2D eigenvalue weighted by molar-refractivity contribution is 7.90. The lowest BCUT2D eigenvalue weighted by atomic mass is 9.78. The highest BCUT2D eigenvalue weighted by Gasteiger charge is 2.33. The molecule has 112 valence electrons. The Labute approximate surface area is 118 Å². The maximum atomic E-state index is 12.1. The number of hydrogen-bond donors (Lipinski definition) is 3. The Bertz CT molecular complexity index is 709. The SMILES string of the molecule is NC1(CNS(=O)(=O)c2cccc(S(N)(=O)=O)c2)CCC1. The number of benzene rings is 1. The predicted octanol–water partition coefficient (Wildman–Crippen LogP) is -0.506. The average molecular weight is 319 g/mol. The van der Waals surface area contributed by atoms with Gasteiger partial charge in [0.05, 0.1) is 9.79 Å². The van der Waals surface area contributed by atoms with Crippen LogP contribution < -0.4 is 15.6 Å². The molecule has 0 aliphatic heterocycles. The van der Waals surface area contributed by atoms with Gasteiger partial charge in [0, 0.05) is 12.1 Å². The van der Waals surface area contributed by atoms with Crippen molar-refractivity contribution in [2.24, 2.45) is 10.9 Å². The van der Waals surface area contributed by atoms with Gasteiger partial charge in [-0.2, -0.15) is 0 Å². The molecule has 9 heteroatoms. The monoisotopic (exact) mass is 319 g/mol. The number of nitrogens with one attached hydrogen (secondary N) is 1. The molecular formula is C11H17N3O4S2. The molecule has 0 amide bonds. The van der Waals surface area contributed by atoms with Gasteiger partial charge in [-0.25, -0.2) is 26.7 Å². The first-order chi connectivity index (χ1) is 9.12. The first-order valence-electron chi connectivity index (χ1n) is 6.04. The van der Waals surface area contributed by atoms with Gasteiger partial charge in [0.1, 0.15) is 0 Å². The molecule has 1 aromatic carbocycles. The van der Waals surface area contributed by atoms with Crippen molar-refractivity contribution in [3.63, 3.8) is 0 Å². The summed E-state index contributed by atoms with van der Waals surface area (Å²) in [6, 6.07) is 4.91. The molecule has 0 bridgehead atoms. The molecule has 20 heavy (non-hydrogen) atoms. The largest absolute Gasteiger partial charge is 0.324 e. The van der Waals surface area contributed by atoms with Gasteiger partial charge >= 0.3 is 0 Å². The van der Waals surface area contributed by atoms with Crippen molar-refractivity contribution in [2.75, 3.05) is 6.54 Å². The van der Waals surface area contributed by atoms with E-state index in [4.69, 9.17) is 10.9 Å². The minimum atomic E-state index is -3.94. The average Bonchev–Trinajstić information content (AvgIpc) is 2.33. The number of sulfonamides is 2. The molecule has 0 saturated heterocycles. The Morgan fingerprint density at radius 2 is 1.75 bits per heavy atom. The van der Waals surface area contributed by atoms with E-state index >= 15 is 0 Å². The van der Waals surface area contributed by atoms with E-state index in [1.165, 1.54) is 18.2 Å². The molecule has 5 N–H and O–H groups in total. The number of hydrogen-bond acceptors (Lipinski definition) is 5. The molecule has 0 aromatic heterocycles.